The number of hydrogen-bond donors (Lipinski definition) is 0. The van der Waals surface area contributed by atoms with E-state index in [1.807, 2.05) is 38.1 Å². The first-order valence-electron chi connectivity index (χ1n) is 9.55. The van der Waals surface area contributed by atoms with Gasteiger partial charge in [0.25, 0.3) is 5.91 Å². The fourth-order valence-electron chi connectivity index (χ4n) is 3.41. The lowest BCUT2D eigenvalue weighted by molar-refractivity contribution is -0.119. The van der Waals surface area contributed by atoms with Gasteiger partial charge in [-0.2, -0.15) is 4.31 Å². The Balaban J connectivity index is 1.79. The van der Waals surface area contributed by atoms with E-state index in [0.717, 1.165) is 17.7 Å². The molecule has 0 N–H and O–H groups in total. The molecule has 2 amide bonds. The molecule has 2 aromatic carbocycles. The zero-order valence-corrected chi connectivity index (χ0v) is 17.4. The number of rotatable bonds is 6. The molecule has 0 atom stereocenters. The highest BCUT2D eigenvalue weighted by Gasteiger charge is 2.28. The normalized spacial score (nSPS) is 15.2. The van der Waals surface area contributed by atoms with Gasteiger partial charge in [-0.3, -0.25) is 9.59 Å². The van der Waals surface area contributed by atoms with E-state index >= 15 is 0 Å². The molecule has 1 aliphatic heterocycles. The number of benzene rings is 2. The van der Waals surface area contributed by atoms with Crippen molar-refractivity contribution in [3.8, 4) is 0 Å². The number of nitrogens with zero attached hydrogens (tertiary/aromatic N) is 3. The molecule has 7 nitrogen and oxygen atoms in total. The molecule has 0 unspecified atom stereocenters. The first-order chi connectivity index (χ1) is 13.9. The SMILES string of the molecule is CCN(C(=O)c1ccc(S(=O)(=O)N2CCN(C=O)CC2)cc1)c1ccccc1C. The molecule has 0 bridgehead atoms. The van der Waals surface area contributed by atoms with Crippen molar-refractivity contribution in [2.45, 2.75) is 18.7 Å². The second-order valence-corrected chi connectivity index (χ2v) is 8.84. The summed E-state index contributed by atoms with van der Waals surface area (Å²) in [4.78, 5) is 27.2. The number of carbonyl (C=O) groups is 2. The Morgan fingerprint density at radius 2 is 1.66 bits per heavy atom. The number of sulfonamides is 1. The quantitative estimate of drug-likeness (QED) is 0.677. The minimum atomic E-state index is -3.65. The number of amides is 2. The zero-order valence-electron chi connectivity index (χ0n) is 16.6. The smallest absolute Gasteiger partial charge is 0.258 e. The maximum atomic E-state index is 13.0. The third kappa shape index (κ3) is 4.33. The van der Waals surface area contributed by atoms with Crippen molar-refractivity contribution in [2.75, 3.05) is 37.6 Å². The van der Waals surface area contributed by atoms with Gasteiger partial charge in [0.2, 0.25) is 16.4 Å². The number of carbonyl (C=O) groups excluding carboxylic acids is 2. The van der Waals surface area contributed by atoms with Crippen molar-refractivity contribution in [3.63, 3.8) is 0 Å². The van der Waals surface area contributed by atoms with E-state index < -0.39 is 10.0 Å². The van der Waals surface area contributed by atoms with Gasteiger partial charge < -0.3 is 9.80 Å². The van der Waals surface area contributed by atoms with Crippen molar-refractivity contribution in [2.24, 2.45) is 0 Å². The van der Waals surface area contributed by atoms with Crippen LogP contribution >= 0.6 is 0 Å². The molecule has 3 rings (SSSR count). The Labute approximate surface area is 171 Å². The molecule has 2 aromatic rings. The third-order valence-electron chi connectivity index (χ3n) is 5.13. The van der Waals surface area contributed by atoms with Gasteiger partial charge >= 0.3 is 0 Å². The summed E-state index contributed by atoms with van der Waals surface area (Å²) in [7, 11) is -3.65. The first-order valence-corrected chi connectivity index (χ1v) is 11.0. The molecule has 1 heterocycles. The van der Waals surface area contributed by atoms with Gasteiger partial charge in [-0.15, -0.1) is 0 Å². The summed E-state index contributed by atoms with van der Waals surface area (Å²) in [5.41, 5.74) is 2.26. The fraction of sp³-hybridized carbons (Fsp3) is 0.333. The Hall–Kier alpha value is -2.71. The number of anilines is 1. The first kappa shape index (κ1) is 21.0. The fourth-order valence-corrected chi connectivity index (χ4v) is 4.84. The molecule has 0 spiro atoms. The highest BCUT2D eigenvalue weighted by molar-refractivity contribution is 7.89. The van der Waals surface area contributed by atoms with E-state index in [9.17, 15) is 18.0 Å². The summed E-state index contributed by atoms with van der Waals surface area (Å²) in [5.74, 6) is -0.176. The van der Waals surface area contributed by atoms with E-state index in [0.29, 0.717) is 25.2 Å². The minimum absolute atomic E-state index is 0.146. The molecule has 0 saturated carbocycles. The molecule has 1 saturated heterocycles. The van der Waals surface area contributed by atoms with Gasteiger partial charge in [-0.05, 0) is 49.7 Å². The van der Waals surface area contributed by atoms with E-state index in [4.69, 9.17) is 0 Å². The third-order valence-corrected chi connectivity index (χ3v) is 7.04. The van der Waals surface area contributed by atoms with Gasteiger partial charge in [-0.1, -0.05) is 18.2 Å². The van der Waals surface area contributed by atoms with E-state index in [2.05, 4.69) is 0 Å². The number of piperazine rings is 1. The second-order valence-electron chi connectivity index (χ2n) is 6.91. The Bertz CT molecular complexity index is 981. The Kier molecular flexibility index (Phi) is 6.34. The molecule has 29 heavy (non-hydrogen) atoms. The van der Waals surface area contributed by atoms with Crippen molar-refractivity contribution in [1.82, 2.24) is 9.21 Å². The summed E-state index contributed by atoms with van der Waals surface area (Å²) in [6, 6.07) is 13.7. The van der Waals surface area contributed by atoms with Crippen LogP contribution in [0.15, 0.2) is 53.4 Å². The molecule has 154 valence electrons. The maximum Gasteiger partial charge on any atom is 0.258 e. The lowest BCUT2D eigenvalue weighted by Crippen LogP contribution is -2.47. The molecule has 0 radical (unpaired) electrons. The number of para-hydroxylation sites is 1. The zero-order chi connectivity index (χ0) is 21.0. The van der Waals surface area contributed by atoms with Crippen molar-refractivity contribution in [3.05, 3.63) is 59.7 Å². The van der Waals surface area contributed by atoms with E-state index in [-0.39, 0.29) is 23.9 Å². The van der Waals surface area contributed by atoms with Gasteiger partial charge in [0.1, 0.15) is 0 Å². The van der Waals surface area contributed by atoms with Crippen LogP contribution in [-0.2, 0) is 14.8 Å². The van der Waals surface area contributed by atoms with Crippen LogP contribution in [0.4, 0.5) is 5.69 Å². The molecule has 0 aromatic heterocycles. The highest BCUT2D eigenvalue weighted by atomic mass is 32.2. The van der Waals surface area contributed by atoms with E-state index in [1.54, 1.807) is 21.9 Å². The molecule has 0 aliphatic carbocycles. The van der Waals surface area contributed by atoms with Crippen LogP contribution < -0.4 is 4.90 Å². The van der Waals surface area contributed by atoms with Crippen LogP contribution in [-0.4, -0.2) is 62.7 Å². The van der Waals surface area contributed by atoms with E-state index in [1.165, 1.54) is 16.4 Å². The topological polar surface area (TPSA) is 78.0 Å². The minimum Gasteiger partial charge on any atom is -0.343 e. The molecule has 1 fully saturated rings. The van der Waals surface area contributed by atoms with Crippen LogP contribution in [0.5, 0.6) is 0 Å². The average molecular weight is 416 g/mol. The lowest BCUT2D eigenvalue weighted by atomic mass is 10.1. The predicted molar refractivity (Wildman–Crippen MR) is 111 cm³/mol. The maximum absolute atomic E-state index is 13.0. The van der Waals surface area contributed by atoms with Gasteiger partial charge in [0.05, 0.1) is 4.90 Å². The largest absolute Gasteiger partial charge is 0.343 e. The van der Waals surface area contributed by atoms with Crippen LogP contribution in [0.3, 0.4) is 0 Å². The van der Waals surface area contributed by atoms with Gasteiger partial charge in [0.15, 0.2) is 0 Å². The standard InChI is InChI=1S/C21H25N3O4S/c1-3-24(20-7-5-4-6-17(20)2)21(26)18-8-10-19(11-9-18)29(27,28)23-14-12-22(16-25)13-15-23/h4-11,16H,3,12-15H2,1-2H3. The van der Waals surface area contributed by atoms with Crippen LogP contribution in [0.25, 0.3) is 0 Å². The molecular formula is C21H25N3O4S. The average Bonchev–Trinajstić information content (AvgIpc) is 2.75. The van der Waals surface area contributed by atoms with Gasteiger partial charge in [-0.25, -0.2) is 8.42 Å². The highest BCUT2D eigenvalue weighted by Crippen LogP contribution is 2.23. The summed E-state index contributed by atoms with van der Waals surface area (Å²) < 4.78 is 27.1. The molecule has 8 heteroatoms. The summed E-state index contributed by atoms with van der Waals surface area (Å²) >= 11 is 0. The van der Waals surface area contributed by atoms with Crippen LogP contribution in [0.1, 0.15) is 22.8 Å². The Morgan fingerprint density at radius 1 is 1.03 bits per heavy atom. The Morgan fingerprint density at radius 3 is 2.21 bits per heavy atom. The lowest BCUT2D eigenvalue weighted by Gasteiger charge is -2.31. The summed E-state index contributed by atoms with van der Waals surface area (Å²) in [5, 5.41) is 0. The number of aryl methyl sites for hydroxylation is 1. The van der Waals surface area contributed by atoms with Crippen molar-refractivity contribution >= 4 is 28.0 Å². The number of hydrogen-bond acceptors (Lipinski definition) is 4. The van der Waals surface area contributed by atoms with Gasteiger partial charge in [0, 0.05) is 44.0 Å². The second kappa shape index (κ2) is 8.75. The van der Waals surface area contributed by atoms with Crippen LogP contribution in [0.2, 0.25) is 0 Å². The monoisotopic (exact) mass is 415 g/mol. The molecule has 1 aliphatic rings. The predicted octanol–water partition coefficient (Wildman–Crippen LogP) is 2.12. The summed E-state index contributed by atoms with van der Waals surface area (Å²) in [6.45, 7) is 5.64. The summed E-state index contributed by atoms with van der Waals surface area (Å²) in [6.07, 6.45) is 0.734. The van der Waals surface area contributed by atoms with Crippen molar-refractivity contribution < 1.29 is 18.0 Å². The molecular weight excluding hydrogens is 390 g/mol. The van der Waals surface area contributed by atoms with Crippen molar-refractivity contribution in [1.29, 1.82) is 0 Å². The van der Waals surface area contributed by atoms with Crippen LogP contribution in [0, 0.1) is 6.92 Å².